The maximum atomic E-state index is 12.4. The Labute approximate surface area is 157 Å². The van der Waals surface area contributed by atoms with Gasteiger partial charge in [0, 0.05) is 18.4 Å². The van der Waals surface area contributed by atoms with Crippen LogP contribution in [0.15, 0.2) is 24.3 Å². The van der Waals surface area contributed by atoms with Gasteiger partial charge in [0.05, 0.1) is 17.1 Å². The lowest BCUT2D eigenvalue weighted by atomic mass is 9.93. The van der Waals surface area contributed by atoms with Crippen molar-refractivity contribution in [3.63, 3.8) is 0 Å². The van der Waals surface area contributed by atoms with Crippen molar-refractivity contribution in [2.45, 2.75) is 51.0 Å². The van der Waals surface area contributed by atoms with Crippen molar-refractivity contribution in [1.29, 1.82) is 0 Å². The van der Waals surface area contributed by atoms with Crippen molar-refractivity contribution >= 4 is 28.6 Å². The number of rotatable bonds is 5. The molecule has 2 aliphatic rings. The number of hydrogen-bond donors (Lipinski definition) is 2. The van der Waals surface area contributed by atoms with E-state index in [1.807, 2.05) is 24.3 Å². The molecule has 4 rings (SSSR count). The highest BCUT2D eigenvalue weighted by atomic mass is 16.2. The minimum Gasteiger partial charge on any atom is -0.354 e. The van der Waals surface area contributed by atoms with Crippen LogP contribution in [0, 0.1) is 5.92 Å². The van der Waals surface area contributed by atoms with Crippen molar-refractivity contribution < 1.29 is 14.4 Å². The number of nitrogens with zero attached hydrogens (tertiary/aromatic N) is 2. The fourth-order valence-corrected chi connectivity index (χ4v) is 4.15. The first-order chi connectivity index (χ1) is 13.1. The van der Waals surface area contributed by atoms with Crippen molar-refractivity contribution in [2.75, 3.05) is 6.54 Å². The Kier molecular flexibility index (Phi) is 4.92. The van der Waals surface area contributed by atoms with Crippen LogP contribution in [0.1, 0.15) is 50.1 Å². The van der Waals surface area contributed by atoms with Gasteiger partial charge in [-0.3, -0.25) is 24.4 Å². The molecule has 27 heavy (non-hydrogen) atoms. The lowest BCUT2D eigenvalue weighted by Gasteiger charge is -2.19. The number of para-hydroxylation sites is 1. The van der Waals surface area contributed by atoms with Gasteiger partial charge in [-0.1, -0.05) is 31.0 Å². The van der Waals surface area contributed by atoms with Crippen LogP contribution < -0.4 is 10.6 Å². The summed E-state index contributed by atoms with van der Waals surface area (Å²) in [6.45, 7) is 0.846. The van der Waals surface area contributed by atoms with Crippen molar-refractivity contribution in [3.8, 4) is 0 Å². The van der Waals surface area contributed by atoms with Gasteiger partial charge in [0.1, 0.15) is 6.54 Å². The molecule has 2 heterocycles. The molecule has 0 spiro atoms. The van der Waals surface area contributed by atoms with Crippen molar-refractivity contribution in [1.82, 2.24) is 20.4 Å². The first-order valence-corrected chi connectivity index (χ1v) is 9.67. The molecule has 0 bridgehead atoms. The number of hydrogen-bond acceptors (Lipinski definition) is 4. The van der Waals surface area contributed by atoms with Crippen LogP contribution in [0.25, 0.3) is 10.9 Å². The number of nitrogens with one attached hydrogen (secondary N) is 2. The highest BCUT2D eigenvalue weighted by Crippen LogP contribution is 2.30. The molecule has 142 valence electrons. The minimum atomic E-state index is -0.463. The summed E-state index contributed by atoms with van der Waals surface area (Å²) in [5.74, 6) is -0.499. The van der Waals surface area contributed by atoms with E-state index >= 15 is 0 Å². The number of amides is 3. The summed E-state index contributed by atoms with van der Waals surface area (Å²) in [5, 5.41) is 10.9. The maximum Gasteiger partial charge on any atom is 0.241 e. The first-order valence-electron chi connectivity index (χ1n) is 9.67. The summed E-state index contributed by atoms with van der Waals surface area (Å²) in [6, 6.07) is 7.60. The van der Waals surface area contributed by atoms with Gasteiger partial charge in [0.15, 0.2) is 0 Å². The van der Waals surface area contributed by atoms with Crippen LogP contribution in [0.5, 0.6) is 0 Å². The topological polar surface area (TPSA) is 93.1 Å². The third-order valence-corrected chi connectivity index (χ3v) is 5.61. The third kappa shape index (κ3) is 3.72. The smallest absolute Gasteiger partial charge is 0.241 e. The molecule has 1 unspecified atom stereocenters. The molecule has 1 aliphatic heterocycles. The number of imide groups is 1. The molecule has 7 heteroatoms. The number of fused-ring (bicyclic) bond motifs is 1. The lowest BCUT2D eigenvalue weighted by Crippen LogP contribution is -2.39. The summed E-state index contributed by atoms with van der Waals surface area (Å²) in [5.41, 5.74) is 1.47. The van der Waals surface area contributed by atoms with E-state index in [0.29, 0.717) is 24.5 Å². The molecular weight excluding hydrogens is 344 g/mol. The summed E-state index contributed by atoms with van der Waals surface area (Å²) in [4.78, 5) is 36.1. The second kappa shape index (κ2) is 7.50. The second-order valence-corrected chi connectivity index (χ2v) is 7.52. The molecule has 3 amide bonds. The summed E-state index contributed by atoms with van der Waals surface area (Å²) < 4.78 is 1.67. The van der Waals surface area contributed by atoms with E-state index in [1.165, 1.54) is 25.7 Å². The standard InChI is InChI=1S/C20H24N4O3/c25-17-10-9-15(20(27)22-17)19-14-7-3-4-8-16(14)24(23-19)12-18(26)21-11-13-5-1-2-6-13/h3-4,7-8,13,15H,1-2,5-6,9-12H2,(H,21,26)(H,22,25,27). The zero-order valence-corrected chi connectivity index (χ0v) is 15.2. The number of carbonyl (C=O) groups is 3. The van der Waals surface area contributed by atoms with E-state index in [4.69, 9.17) is 0 Å². The minimum absolute atomic E-state index is 0.0648. The fourth-order valence-electron chi connectivity index (χ4n) is 4.15. The summed E-state index contributed by atoms with van der Waals surface area (Å²) in [6.07, 6.45) is 5.62. The highest BCUT2D eigenvalue weighted by molar-refractivity contribution is 6.02. The van der Waals surface area contributed by atoms with Gasteiger partial charge in [0.25, 0.3) is 0 Å². The average molecular weight is 368 g/mol. The van der Waals surface area contributed by atoms with Crippen LogP contribution in [0.2, 0.25) is 0 Å². The summed E-state index contributed by atoms with van der Waals surface area (Å²) in [7, 11) is 0. The van der Waals surface area contributed by atoms with E-state index in [-0.39, 0.29) is 24.3 Å². The fraction of sp³-hybridized carbons (Fsp3) is 0.500. The highest BCUT2D eigenvalue weighted by Gasteiger charge is 2.31. The molecule has 2 fully saturated rings. The SMILES string of the molecule is O=C(Cn1nc(C2CCC(=O)NC2=O)c2ccccc21)NCC1CCCC1. The molecular formula is C20H24N4O3. The van der Waals surface area contributed by atoms with Gasteiger partial charge >= 0.3 is 0 Å². The number of benzene rings is 1. The number of carbonyl (C=O) groups excluding carboxylic acids is 3. The number of piperidine rings is 1. The van der Waals surface area contributed by atoms with E-state index in [0.717, 1.165) is 17.4 Å². The molecule has 0 radical (unpaired) electrons. The molecule has 1 aromatic carbocycles. The van der Waals surface area contributed by atoms with Crippen molar-refractivity contribution in [2.24, 2.45) is 5.92 Å². The molecule has 2 aromatic rings. The van der Waals surface area contributed by atoms with Crippen LogP contribution in [0.3, 0.4) is 0 Å². The normalized spacial score (nSPS) is 20.8. The molecule has 2 N–H and O–H groups in total. The van der Waals surface area contributed by atoms with Crippen LogP contribution in [0.4, 0.5) is 0 Å². The van der Waals surface area contributed by atoms with Crippen LogP contribution in [-0.4, -0.2) is 34.0 Å². The predicted octanol–water partition coefficient (Wildman–Crippen LogP) is 1.86. The quantitative estimate of drug-likeness (QED) is 0.788. The maximum absolute atomic E-state index is 12.4. The van der Waals surface area contributed by atoms with Gasteiger partial charge in [-0.15, -0.1) is 0 Å². The van der Waals surface area contributed by atoms with Gasteiger partial charge in [-0.25, -0.2) is 0 Å². The zero-order chi connectivity index (χ0) is 18.8. The Morgan fingerprint density at radius 3 is 2.74 bits per heavy atom. The molecule has 1 saturated carbocycles. The molecule has 1 aromatic heterocycles. The van der Waals surface area contributed by atoms with E-state index in [1.54, 1.807) is 4.68 Å². The first kappa shape index (κ1) is 17.7. The Morgan fingerprint density at radius 2 is 1.96 bits per heavy atom. The molecule has 7 nitrogen and oxygen atoms in total. The van der Waals surface area contributed by atoms with E-state index < -0.39 is 5.92 Å². The second-order valence-electron chi connectivity index (χ2n) is 7.52. The third-order valence-electron chi connectivity index (χ3n) is 5.61. The lowest BCUT2D eigenvalue weighted by molar-refractivity contribution is -0.134. The van der Waals surface area contributed by atoms with Crippen LogP contribution in [-0.2, 0) is 20.9 Å². The Hall–Kier alpha value is -2.70. The van der Waals surface area contributed by atoms with Gasteiger partial charge in [0.2, 0.25) is 17.7 Å². The largest absolute Gasteiger partial charge is 0.354 e. The molecule has 1 aliphatic carbocycles. The number of aromatic nitrogens is 2. The summed E-state index contributed by atoms with van der Waals surface area (Å²) >= 11 is 0. The van der Waals surface area contributed by atoms with Gasteiger partial charge in [-0.05, 0) is 31.2 Å². The monoisotopic (exact) mass is 368 g/mol. The Balaban J connectivity index is 1.53. The predicted molar refractivity (Wildman–Crippen MR) is 99.8 cm³/mol. The molecule has 1 saturated heterocycles. The van der Waals surface area contributed by atoms with Crippen molar-refractivity contribution in [3.05, 3.63) is 30.0 Å². The van der Waals surface area contributed by atoms with E-state index in [9.17, 15) is 14.4 Å². The average Bonchev–Trinajstić information content (AvgIpc) is 3.29. The van der Waals surface area contributed by atoms with Gasteiger partial charge < -0.3 is 5.32 Å². The Bertz CT molecular complexity index is 882. The Morgan fingerprint density at radius 1 is 1.19 bits per heavy atom. The van der Waals surface area contributed by atoms with Crippen LogP contribution >= 0.6 is 0 Å². The molecule has 1 atom stereocenters. The zero-order valence-electron chi connectivity index (χ0n) is 15.2. The van der Waals surface area contributed by atoms with E-state index in [2.05, 4.69) is 15.7 Å². The van der Waals surface area contributed by atoms with Gasteiger partial charge in [-0.2, -0.15) is 5.10 Å².